The molecular weight excluding hydrogens is 220 g/mol. The largest absolute Gasteiger partial charge is 0.370 e. The summed E-state index contributed by atoms with van der Waals surface area (Å²) in [5.74, 6) is 1.36. The minimum atomic E-state index is -0.0495. The molecule has 0 radical (unpaired) electrons. The van der Waals surface area contributed by atoms with Crippen molar-refractivity contribution < 1.29 is 0 Å². The highest BCUT2D eigenvalue weighted by atomic mass is 32.2. The molecule has 0 saturated carbocycles. The summed E-state index contributed by atoms with van der Waals surface area (Å²) in [6, 6.07) is 8.41. The predicted molar refractivity (Wildman–Crippen MR) is 68.9 cm³/mol. The number of nitrogens with two attached hydrogens (primary N) is 2. The van der Waals surface area contributed by atoms with Crippen molar-refractivity contribution in [1.29, 1.82) is 5.41 Å². The Morgan fingerprint density at radius 2 is 2.19 bits per heavy atom. The second-order valence-corrected chi connectivity index (χ2v) is 4.76. The number of rotatable bonds is 2. The lowest BCUT2D eigenvalue weighted by Crippen LogP contribution is -2.24. The number of amidine groups is 1. The van der Waals surface area contributed by atoms with Crippen molar-refractivity contribution in [2.24, 2.45) is 16.5 Å². The molecule has 16 heavy (non-hydrogen) atoms. The van der Waals surface area contributed by atoms with Crippen molar-refractivity contribution in [2.75, 3.05) is 5.75 Å². The predicted octanol–water partition coefficient (Wildman–Crippen LogP) is 1.27. The zero-order chi connectivity index (χ0) is 11.5. The average Bonchev–Trinajstić information content (AvgIpc) is 2.18. The van der Waals surface area contributed by atoms with E-state index in [2.05, 4.69) is 29.3 Å². The molecular formula is C11H14N4S. The van der Waals surface area contributed by atoms with Gasteiger partial charge in [-0.25, -0.2) is 0 Å². The highest BCUT2D eigenvalue weighted by molar-refractivity contribution is 8.13. The summed E-state index contributed by atoms with van der Waals surface area (Å²) < 4.78 is 0. The number of guanidine groups is 1. The van der Waals surface area contributed by atoms with Crippen LogP contribution in [0.15, 0.2) is 29.3 Å². The molecule has 0 bridgehead atoms. The van der Waals surface area contributed by atoms with Gasteiger partial charge in [-0.1, -0.05) is 36.0 Å². The normalized spacial score (nSPS) is 17.1. The average molecular weight is 234 g/mol. The van der Waals surface area contributed by atoms with E-state index in [-0.39, 0.29) is 11.1 Å². The number of benzene rings is 1. The monoisotopic (exact) mass is 234 g/mol. The molecule has 1 atom stereocenters. The molecule has 0 aliphatic heterocycles. The molecule has 5 N–H and O–H groups in total. The van der Waals surface area contributed by atoms with Crippen molar-refractivity contribution in [2.45, 2.75) is 12.3 Å². The number of nitrogens with one attached hydrogen (secondary N) is 1. The minimum Gasteiger partial charge on any atom is -0.370 e. The maximum absolute atomic E-state index is 7.51. The number of thioether (sulfide) groups is 1. The summed E-state index contributed by atoms with van der Waals surface area (Å²) in [7, 11) is 0. The van der Waals surface area contributed by atoms with E-state index < -0.39 is 0 Å². The molecule has 1 unspecified atom stereocenters. The van der Waals surface area contributed by atoms with Gasteiger partial charge in [0.05, 0.1) is 0 Å². The lowest BCUT2D eigenvalue weighted by molar-refractivity contribution is 0.678. The maximum atomic E-state index is 7.51. The standard InChI is InChI=1S/C11H14N4S/c12-10(13)15-11(14)16-6-8-5-7-3-1-2-4-9(7)8/h1-4,8H,5-6H2,(H5,12,13,14,15). The summed E-state index contributed by atoms with van der Waals surface area (Å²) >= 11 is 1.39. The first kappa shape index (κ1) is 11.0. The van der Waals surface area contributed by atoms with Crippen LogP contribution in [-0.4, -0.2) is 16.9 Å². The Labute approximate surface area is 98.6 Å². The highest BCUT2D eigenvalue weighted by Gasteiger charge is 2.25. The van der Waals surface area contributed by atoms with Gasteiger partial charge in [-0.15, -0.1) is 0 Å². The van der Waals surface area contributed by atoms with Gasteiger partial charge >= 0.3 is 0 Å². The van der Waals surface area contributed by atoms with Gasteiger partial charge in [0, 0.05) is 5.75 Å². The van der Waals surface area contributed by atoms with Gasteiger partial charge in [0.2, 0.25) is 0 Å². The lowest BCUT2D eigenvalue weighted by Gasteiger charge is -2.29. The summed E-state index contributed by atoms with van der Waals surface area (Å²) in [6.45, 7) is 0. The molecule has 0 aromatic heterocycles. The molecule has 4 nitrogen and oxygen atoms in total. The molecule has 0 fully saturated rings. The fourth-order valence-electron chi connectivity index (χ4n) is 1.84. The minimum absolute atomic E-state index is 0.0495. The summed E-state index contributed by atoms with van der Waals surface area (Å²) in [5.41, 5.74) is 13.2. The molecule has 2 rings (SSSR count). The third kappa shape index (κ3) is 2.36. The zero-order valence-electron chi connectivity index (χ0n) is 8.81. The summed E-state index contributed by atoms with van der Waals surface area (Å²) in [6.07, 6.45) is 1.10. The Morgan fingerprint density at radius 1 is 1.44 bits per heavy atom. The third-order valence-electron chi connectivity index (χ3n) is 2.61. The number of aliphatic imine (C=N–C) groups is 1. The molecule has 0 saturated heterocycles. The Balaban J connectivity index is 1.86. The van der Waals surface area contributed by atoms with Crippen molar-refractivity contribution in [3.05, 3.63) is 35.4 Å². The van der Waals surface area contributed by atoms with E-state index in [0.717, 1.165) is 12.2 Å². The molecule has 1 aromatic rings. The van der Waals surface area contributed by atoms with Crippen LogP contribution in [-0.2, 0) is 6.42 Å². The van der Waals surface area contributed by atoms with Gasteiger partial charge in [0.15, 0.2) is 11.1 Å². The fraction of sp³-hybridized carbons (Fsp3) is 0.273. The Hall–Kier alpha value is -1.49. The van der Waals surface area contributed by atoms with Crippen LogP contribution in [0, 0.1) is 5.41 Å². The molecule has 0 amide bonds. The van der Waals surface area contributed by atoms with Crippen LogP contribution in [0.1, 0.15) is 17.0 Å². The van der Waals surface area contributed by atoms with Gasteiger partial charge in [0.25, 0.3) is 0 Å². The SMILES string of the molecule is N=C(N=C(N)N)SCC1Cc2ccccc21. The number of nitrogens with zero attached hydrogens (tertiary/aromatic N) is 1. The van der Waals surface area contributed by atoms with Gasteiger partial charge in [-0.3, -0.25) is 5.41 Å². The van der Waals surface area contributed by atoms with Crippen molar-refractivity contribution >= 4 is 22.9 Å². The molecule has 1 aromatic carbocycles. The van der Waals surface area contributed by atoms with E-state index in [1.165, 1.54) is 22.9 Å². The van der Waals surface area contributed by atoms with Crippen LogP contribution in [0.5, 0.6) is 0 Å². The van der Waals surface area contributed by atoms with Crippen LogP contribution >= 0.6 is 11.8 Å². The first-order valence-corrected chi connectivity index (χ1v) is 6.04. The molecule has 84 valence electrons. The van der Waals surface area contributed by atoms with Crippen LogP contribution in [0.3, 0.4) is 0 Å². The Kier molecular flexibility index (Phi) is 3.14. The zero-order valence-corrected chi connectivity index (χ0v) is 9.63. The van der Waals surface area contributed by atoms with Crippen molar-refractivity contribution in [1.82, 2.24) is 0 Å². The smallest absolute Gasteiger partial charge is 0.193 e. The number of hydrogen-bond donors (Lipinski definition) is 3. The fourth-order valence-corrected chi connectivity index (χ4v) is 2.67. The van der Waals surface area contributed by atoms with E-state index >= 15 is 0 Å². The quantitative estimate of drug-likeness (QED) is 0.532. The Morgan fingerprint density at radius 3 is 2.88 bits per heavy atom. The van der Waals surface area contributed by atoms with E-state index in [1.807, 2.05) is 0 Å². The summed E-state index contributed by atoms with van der Waals surface area (Å²) in [4.78, 5) is 3.68. The van der Waals surface area contributed by atoms with E-state index in [9.17, 15) is 0 Å². The highest BCUT2D eigenvalue weighted by Crippen LogP contribution is 2.37. The molecule has 1 aliphatic carbocycles. The van der Waals surface area contributed by atoms with E-state index in [0.29, 0.717) is 5.92 Å². The number of fused-ring (bicyclic) bond motifs is 1. The second-order valence-electron chi connectivity index (χ2n) is 3.75. The van der Waals surface area contributed by atoms with Crippen LogP contribution < -0.4 is 11.5 Å². The van der Waals surface area contributed by atoms with E-state index in [1.54, 1.807) is 0 Å². The maximum Gasteiger partial charge on any atom is 0.193 e. The van der Waals surface area contributed by atoms with Crippen LogP contribution in [0.4, 0.5) is 0 Å². The van der Waals surface area contributed by atoms with Crippen LogP contribution in [0.25, 0.3) is 0 Å². The van der Waals surface area contributed by atoms with Gasteiger partial charge in [0.1, 0.15) is 0 Å². The summed E-state index contributed by atoms with van der Waals surface area (Å²) in [5, 5.41) is 7.70. The first-order chi connectivity index (χ1) is 7.66. The molecule has 0 spiro atoms. The Bertz CT molecular complexity index is 437. The van der Waals surface area contributed by atoms with Crippen LogP contribution in [0.2, 0.25) is 0 Å². The number of hydrogen-bond acceptors (Lipinski definition) is 2. The third-order valence-corrected chi connectivity index (χ3v) is 3.55. The topological polar surface area (TPSA) is 88.2 Å². The molecule has 5 heteroatoms. The lowest BCUT2D eigenvalue weighted by atomic mass is 9.79. The van der Waals surface area contributed by atoms with Gasteiger partial charge in [-0.05, 0) is 23.5 Å². The van der Waals surface area contributed by atoms with Crippen molar-refractivity contribution in [3.63, 3.8) is 0 Å². The second kappa shape index (κ2) is 4.57. The first-order valence-electron chi connectivity index (χ1n) is 5.05. The van der Waals surface area contributed by atoms with Gasteiger partial charge in [-0.2, -0.15) is 4.99 Å². The molecule has 1 aliphatic rings. The van der Waals surface area contributed by atoms with Crippen molar-refractivity contribution in [3.8, 4) is 0 Å². The van der Waals surface area contributed by atoms with E-state index in [4.69, 9.17) is 16.9 Å². The van der Waals surface area contributed by atoms with Gasteiger partial charge < -0.3 is 11.5 Å². The molecule has 0 heterocycles.